The van der Waals surface area contributed by atoms with Gasteiger partial charge in [-0.2, -0.15) is 0 Å². The number of likely N-dealkylation sites (N-methyl/N-ethyl adjacent to an activating group) is 1. The Balaban J connectivity index is 1.50. The zero-order chi connectivity index (χ0) is 17.8. The van der Waals surface area contributed by atoms with Crippen molar-refractivity contribution >= 4 is 0 Å². The van der Waals surface area contributed by atoms with Gasteiger partial charge in [0.15, 0.2) is 0 Å². The molecule has 1 fully saturated rings. The number of hydrogen-bond acceptors (Lipinski definition) is 3. The maximum atomic E-state index is 5.23. The molecule has 0 spiro atoms. The van der Waals surface area contributed by atoms with Crippen molar-refractivity contribution in [2.45, 2.75) is 38.9 Å². The van der Waals surface area contributed by atoms with E-state index in [1.165, 1.54) is 16.7 Å². The number of likely N-dealkylation sites (tertiary alicyclic amines) is 1. The molecule has 3 heteroatoms. The van der Waals surface area contributed by atoms with E-state index < -0.39 is 0 Å². The third-order valence-corrected chi connectivity index (χ3v) is 5.22. The van der Waals surface area contributed by atoms with E-state index in [0.29, 0.717) is 12.0 Å². The molecule has 0 unspecified atom stereocenters. The van der Waals surface area contributed by atoms with E-state index in [0.717, 1.165) is 31.9 Å². The van der Waals surface area contributed by atoms with Crippen LogP contribution in [-0.4, -0.2) is 43.1 Å². The van der Waals surface area contributed by atoms with Crippen LogP contribution in [0.4, 0.5) is 0 Å². The highest BCUT2D eigenvalue weighted by molar-refractivity contribution is 5.30. The van der Waals surface area contributed by atoms with Gasteiger partial charge in [-0.05, 0) is 41.8 Å². The molecule has 0 aliphatic carbocycles. The number of ether oxygens (including phenoxy) is 1. The summed E-state index contributed by atoms with van der Waals surface area (Å²) in [7, 11) is 3.97. The SMILES string of the molecule is COc1ccc(CN2CC(N(C)Cc3ccccc3C(C)C)C2)cc1. The Kier molecular flexibility index (Phi) is 5.77. The van der Waals surface area contributed by atoms with Crippen molar-refractivity contribution in [3.8, 4) is 5.75 Å². The van der Waals surface area contributed by atoms with Crippen LogP contribution in [0.5, 0.6) is 5.75 Å². The van der Waals surface area contributed by atoms with Gasteiger partial charge in [0.1, 0.15) is 5.75 Å². The van der Waals surface area contributed by atoms with Crippen molar-refractivity contribution in [3.63, 3.8) is 0 Å². The van der Waals surface area contributed by atoms with Gasteiger partial charge in [-0.1, -0.05) is 50.2 Å². The summed E-state index contributed by atoms with van der Waals surface area (Å²) in [4.78, 5) is 5.02. The number of benzene rings is 2. The van der Waals surface area contributed by atoms with E-state index in [9.17, 15) is 0 Å². The van der Waals surface area contributed by atoms with Gasteiger partial charge in [-0.25, -0.2) is 0 Å². The first-order valence-electron chi connectivity index (χ1n) is 9.20. The molecule has 3 rings (SSSR count). The Labute approximate surface area is 152 Å². The first kappa shape index (κ1) is 18.0. The number of hydrogen-bond donors (Lipinski definition) is 0. The largest absolute Gasteiger partial charge is 0.497 e. The average Bonchev–Trinajstić information content (AvgIpc) is 2.58. The van der Waals surface area contributed by atoms with E-state index in [-0.39, 0.29) is 0 Å². The minimum absolute atomic E-state index is 0.581. The molecule has 0 N–H and O–H groups in total. The lowest BCUT2D eigenvalue weighted by molar-refractivity contribution is 0.0392. The third kappa shape index (κ3) is 4.42. The van der Waals surface area contributed by atoms with Crippen molar-refractivity contribution in [1.29, 1.82) is 0 Å². The average molecular weight is 338 g/mol. The van der Waals surface area contributed by atoms with Gasteiger partial charge in [-0.15, -0.1) is 0 Å². The molecular weight excluding hydrogens is 308 g/mol. The lowest BCUT2D eigenvalue weighted by atomic mass is 9.96. The van der Waals surface area contributed by atoms with E-state index >= 15 is 0 Å². The summed E-state index contributed by atoms with van der Waals surface area (Å²) in [5, 5.41) is 0. The smallest absolute Gasteiger partial charge is 0.118 e. The molecule has 0 radical (unpaired) electrons. The quantitative estimate of drug-likeness (QED) is 0.755. The minimum atomic E-state index is 0.581. The first-order valence-corrected chi connectivity index (χ1v) is 9.20. The van der Waals surface area contributed by atoms with E-state index in [2.05, 4.69) is 67.1 Å². The molecule has 1 aliphatic heterocycles. The van der Waals surface area contributed by atoms with Crippen molar-refractivity contribution < 1.29 is 4.74 Å². The maximum absolute atomic E-state index is 5.23. The lowest BCUT2D eigenvalue weighted by Crippen LogP contribution is -2.57. The second-order valence-corrected chi connectivity index (χ2v) is 7.46. The second kappa shape index (κ2) is 8.03. The highest BCUT2D eigenvalue weighted by atomic mass is 16.5. The molecule has 25 heavy (non-hydrogen) atoms. The Morgan fingerprint density at radius 2 is 1.76 bits per heavy atom. The van der Waals surface area contributed by atoms with Crippen molar-refractivity contribution in [2.24, 2.45) is 0 Å². The molecule has 0 saturated carbocycles. The van der Waals surface area contributed by atoms with Crippen LogP contribution in [0, 0.1) is 0 Å². The molecule has 2 aromatic rings. The Hall–Kier alpha value is -1.84. The predicted octanol–water partition coefficient (Wildman–Crippen LogP) is 4.13. The summed E-state index contributed by atoms with van der Waals surface area (Å²) >= 11 is 0. The fraction of sp³-hybridized carbons (Fsp3) is 0.455. The lowest BCUT2D eigenvalue weighted by Gasteiger charge is -2.44. The number of rotatable bonds is 7. The van der Waals surface area contributed by atoms with Crippen LogP contribution in [0.2, 0.25) is 0 Å². The normalized spacial score (nSPS) is 15.6. The molecule has 0 amide bonds. The van der Waals surface area contributed by atoms with Crippen molar-refractivity contribution in [3.05, 3.63) is 65.2 Å². The van der Waals surface area contributed by atoms with Gasteiger partial charge in [0.2, 0.25) is 0 Å². The molecule has 0 atom stereocenters. The summed E-state index contributed by atoms with van der Waals surface area (Å²) in [5.41, 5.74) is 4.30. The van der Waals surface area contributed by atoms with Crippen LogP contribution in [0.25, 0.3) is 0 Å². The molecule has 1 heterocycles. The Morgan fingerprint density at radius 1 is 1.08 bits per heavy atom. The maximum Gasteiger partial charge on any atom is 0.118 e. The standard InChI is InChI=1S/C22H30N2O/c1-17(2)22-8-6-5-7-19(22)14-23(3)20-15-24(16-20)13-18-9-11-21(25-4)12-10-18/h5-12,17,20H,13-16H2,1-4H3. The van der Waals surface area contributed by atoms with Gasteiger partial charge in [0.05, 0.1) is 7.11 Å². The zero-order valence-electron chi connectivity index (χ0n) is 15.9. The monoisotopic (exact) mass is 338 g/mol. The molecule has 0 bridgehead atoms. The van der Waals surface area contributed by atoms with E-state index in [1.807, 2.05) is 12.1 Å². The zero-order valence-corrected chi connectivity index (χ0v) is 15.9. The minimum Gasteiger partial charge on any atom is -0.497 e. The molecule has 134 valence electrons. The fourth-order valence-electron chi connectivity index (χ4n) is 3.58. The van der Waals surface area contributed by atoms with Crippen molar-refractivity contribution in [2.75, 3.05) is 27.2 Å². The van der Waals surface area contributed by atoms with Gasteiger partial charge < -0.3 is 4.74 Å². The van der Waals surface area contributed by atoms with E-state index in [1.54, 1.807) is 7.11 Å². The molecule has 1 aliphatic rings. The number of methoxy groups -OCH3 is 1. The van der Waals surface area contributed by atoms with Gasteiger partial charge in [0, 0.05) is 32.2 Å². The predicted molar refractivity (Wildman–Crippen MR) is 104 cm³/mol. The molecule has 2 aromatic carbocycles. The topological polar surface area (TPSA) is 15.7 Å². The fourth-order valence-corrected chi connectivity index (χ4v) is 3.58. The van der Waals surface area contributed by atoms with Gasteiger partial charge >= 0.3 is 0 Å². The van der Waals surface area contributed by atoms with Crippen LogP contribution in [0.1, 0.15) is 36.5 Å². The highest BCUT2D eigenvalue weighted by Crippen LogP contribution is 2.24. The van der Waals surface area contributed by atoms with E-state index in [4.69, 9.17) is 4.74 Å². The van der Waals surface area contributed by atoms with Crippen molar-refractivity contribution in [1.82, 2.24) is 9.80 Å². The van der Waals surface area contributed by atoms with Gasteiger partial charge in [0.25, 0.3) is 0 Å². The number of nitrogens with zero attached hydrogens (tertiary/aromatic N) is 2. The Morgan fingerprint density at radius 3 is 2.40 bits per heavy atom. The third-order valence-electron chi connectivity index (χ3n) is 5.22. The summed E-state index contributed by atoms with van der Waals surface area (Å²) < 4.78 is 5.23. The summed E-state index contributed by atoms with van der Waals surface area (Å²) in [5.74, 6) is 1.51. The Bertz CT molecular complexity index is 675. The van der Waals surface area contributed by atoms with Crippen LogP contribution >= 0.6 is 0 Å². The highest BCUT2D eigenvalue weighted by Gasteiger charge is 2.30. The summed E-state index contributed by atoms with van der Waals surface area (Å²) in [6, 6.07) is 17.9. The van der Waals surface area contributed by atoms with Crippen LogP contribution < -0.4 is 4.74 Å². The molecule has 0 aromatic heterocycles. The first-order chi connectivity index (χ1) is 12.1. The second-order valence-electron chi connectivity index (χ2n) is 7.46. The summed E-state index contributed by atoms with van der Waals surface area (Å²) in [6.07, 6.45) is 0. The van der Waals surface area contributed by atoms with Crippen LogP contribution in [0.15, 0.2) is 48.5 Å². The summed E-state index contributed by atoms with van der Waals surface area (Å²) in [6.45, 7) is 8.91. The van der Waals surface area contributed by atoms with Crippen LogP contribution in [-0.2, 0) is 13.1 Å². The van der Waals surface area contributed by atoms with Gasteiger partial charge in [-0.3, -0.25) is 9.80 Å². The molecule has 1 saturated heterocycles. The molecule has 3 nitrogen and oxygen atoms in total. The molecular formula is C22H30N2O. The van der Waals surface area contributed by atoms with Crippen LogP contribution in [0.3, 0.4) is 0 Å².